The van der Waals surface area contributed by atoms with Gasteiger partial charge in [0.05, 0.1) is 25.2 Å². The second-order valence-corrected chi connectivity index (χ2v) is 9.58. The molecule has 3 aromatic carbocycles. The molecule has 1 aliphatic rings. The van der Waals surface area contributed by atoms with Crippen LogP contribution in [0.3, 0.4) is 0 Å². The van der Waals surface area contributed by atoms with Gasteiger partial charge in [-0.1, -0.05) is 0 Å². The zero-order valence-electron chi connectivity index (χ0n) is 18.8. The van der Waals surface area contributed by atoms with Gasteiger partial charge >= 0.3 is 0 Å². The predicted octanol–water partition coefficient (Wildman–Crippen LogP) is 4.62. The van der Waals surface area contributed by atoms with Gasteiger partial charge in [0, 0.05) is 29.4 Å². The Hall–Kier alpha value is -3.59. The number of anilines is 1. The van der Waals surface area contributed by atoms with Crippen molar-refractivity contribution in [2.75, 3.05) is 25.5 Å². The van der Waals surface area contributed by atoms with E-state index in [9.17, 15) is 17.6 Å². The van der Waals surface area contributed by atoms with Crippen LogP contribution in [-0.4, -0.2) is 40.0 Å². The number of hydrogen-bond donors (Lipinski definition) is 1. The van der Waals surface area contributed by atoms with Gasteiger partial charge in [-0.15, -0.1) is 0 Å². The Balaban J connectivity index is 1.51. The van der Waals surface area contributed by atoms with Crippen molar-refractivity contribution < 1.29 is 27.1 Å². The summed E-state index contributed by atoms with van der Waals surface area (Å²) < 4.78 is 51.4. The zero-order valence-corrected chi connectivity index (χ0v) is 19.6. The molecule has 9 heteroatoms. The fraction of sp³-hybridized carbons (Fsp3) is 0.240. The summed E-state index contributed by atoms with van der Waals surface area (Å²) in [5.74, 6) is 0.673. The number of likely N-dealkylation sites (tertiary alicyclic amines) is 1. The van der Waals surface area contributed by atoms with Gasteiger partial charge in [0.15, 0.2) is 0 Å². The number of nitrogens with one attached hydrogen (secondary N) is 1. The third kappa shape index (κ3) is 4.84. The lowest BCUT2D eigenvalue weighted by atomic mass is 10.0. The van der Waals surface area contributed by atoms with Gasteiger partial charge in [-0.3, -0.25) is 9.52 Å². The minimum absolute atomic E-state index is 0.0533. The zero-order chi connectivity index (χ0) is 24.3. The molecule has 34 heavy (non-hydrogen) atoms. The molecule has 3 aromatic rings. The molecule has 1 unspecified atom stereocenters. The lowest BCUT2D eigenvalue weighted by Gasteiger charge is -2.26. The fourth-order valence-electron chi connectivity index (χ4n) is 4.10. The van der Waals surface area contributed by atoms with E-state index in [4.69, 9.17) is 9.47 Å². The summed E-state index contributed by atoms with van der Waals surface area (Å²) in [4.78, 5) is 15.0. The van der Waals surface area contributed by atoms with Crippen molar-refractivity contribution in [3.63, 3.8) is 0 Å². The van der Waals surface area contributed by atoms with Gasteiger partial charge in [0.25, 0.3) is 15.9 Å². The van der Waals surface area contributed by atoms with E-state index >= 15 is 0 Å². The predicted molar refractivity (Wildman–Crippen MR) is 126 cm³/mol. The molecular weight excluding hydrogens is 459 g/mol. The Morgan fingerprint density at radius 2 is 1.71 bits per heavy atom. The van der Waals surface area contributed by atoms with Gasteiger partial charge in [0.1, 0.15) is 17.3 Å². The van der Waals surface area contributed by atoms with Crippen LogP contribution >= 0.6 is 0 Å². The molecule has 178 valence electrons. The molecule has 1 saturated heterocycles. The Morgan fingerprint density at radius 1 is 1.00 bits per heavy atom. The molecule has 0 aromatic heterocycles. The number of hydrogen-bond acceptors (Lipinski definition) is 5. The van der Waals surface area contributed by atoms with Crippen LogP contribution in [0.4, 0.5) is 10.1 Å². The molecule has 0 radical (unpaired) electrons. The number of methoxy groups -OCH3 is 2. The number of nitrogens with zero attached hydrogens (tertiary/aromatic N) is 1. The van der Waals surface area contributed by atoms with Crippen LogP contribution in [0.2, 0.25) is 0 Å². The number of carbonyl (C=O) groups is 1. The van der Waals surface area contributed by atoms with Gasteiger partial charge in [-0.2, -0.15) is 0 Å². The van der Waals surface area contributed by atoms with E-state index in [1.807, 2.05) is 17.0 Å². The maximum absolute atomic E-state index is 13.3. The summed E-state index contributed by atoms with van der Waals surface area (Å²) in [6, 6.07) is 16.2. The second kappa shape index (κ2) is 9.72. The molecule has 1 heterocycles. The summed E-state index contributed by atoms with van der Waals surface area (Å²) in [6.07, 6.45) is 1.67. The van der Waals surface area contributed by atoms with E-state index in [-0.39, 0.29) is 16.8 Å². The Kier molecular flexibility index (Phi) is 6.74. The quantitative estimate of drug-likeness (QED) is 0.529. The first-order valence-electron chi connectivity index (χ1n) is 10.7. The van der Waals surface area contributed by atoms with E-state index in [2.05, 4.69) is 4.72 Å². The maximum Gasteiger partial charge on any atom is 0.261 e. The molecule has 4 rings (SSSR count). The molecular formula is C25H25FN2O5S. The molecule has 1 amide bonds. The smallest absolute Gasteiger partial charge is 0.261 e. The third-order valence-electron chi connectivity index (χ3n) is 5.82. The molecule has 1 aliphatic heterocycles. The summed E-state index contributed by atoms with van der Waals surface area (Å²) in [5.41, 5.74) is 1.66. The number of amides is 1. The highest BCUT2D eigenvalue weighted by atomic mass is 32.2. The van der Waals surface area contributed by atoms with Crippen molar-refractivity contribution >= 4 is 21.6 Å². The monoisotopic (exact) mass is 484 g/mol. The van der Waals surface area contributed by atoms with Crippen LogP contribution in [0.15, 0.2) is 71.6 Å². The lowest BCUT2D eigenvalue weighted by molar-refractivity contribution is 0.0734. The van der Waals surface area contributed by atoms with Gasteiger partial charge < -0.3 is 14.4 Å². The Bertz CT molecular complexity index is 1280. The number of benzene rings is 3. The minimum atomic E-state index is -3.87. The van der Waals surface area contributed by atoms with Crippen LogP contribution in [0.1, 0.15) is 34.8 Å². The summed E-state index contributed by atoms with van der Waals surface area (Å²) >= 11 is 0. The number of ether oxygens (including phenoxy) is 2. The second-order valence-electron chi connectivity index (χ2n) is 7.90. The van der Waals surface area contributed by atoms with Crippen molar-refractivity contribution in [3.05, 3.63) is 83.7 Å². The molecule has 7 nitrogen and oxygen atoms in total. The Morgan fingerprint density at radius 3 is 2.35 bits per heavy atom. The normalized spacial score (nSPS) is 15.7. The van der Waals surface area contributed by atoms with Gasteiger partial charge in [-0.05, 0) is 73.5 Å². The lowest BCUT2D eigenvalue weighted by Crippen LogP contribution is -2.30. The average molecular weight is 485 g/mol. The molecule has 1 atom stereocenters. The first-order valence-corrected chi connectivity index (χ1v) is 12.2. The van der Waals surface area contributed by atoms with Crippen molar-refractivity contribution in [1.29, 1.82) is 0 Å². The van der Waals surface area contributed by atoms with E-state index in [1.165, 1.54) is 24.3 Å². The highest BCUT2D eigenvalue weighted by Gasteiger charge is 2.32. The topological polar surface area (TPSA) is 84.9 Å². The summed E-state index contributed by atoms with van der Waals surface area (Å²) in [6.45, 7) is 0.609. The van der Waals surface area contributed by atoms with Crippen LogP contribution in [0, 0.1) is 5.82 Å². The van der Waals surface area contributed by atoms with Crippen molar-refractivity contribution in [1.82, 2.24) is 4.90 Å². The number of rotatable bonds is 7. The average Bonchev–Trinajstić information content (AvgIpc) is 3.33. The van der Waals surface area contributed by atoms with E-state index < -0.39 is 15.8 Å². The van der Waals surface area contributed by atoms with Crippen LogP contribution < -0.4 is 14.2 Å². The summed E-state index contributed by atoms with van der Waals surface area (Å²) in [7, 11) is -0.698. The van der Waals surface area contributed by atoms with Crippen molar-refractivity contribution in [2.45, 2.75) is 23.8 Å². The SMILES string of the molecule is COc1ccc(C2CCCN2C(=O)c2ccc(NS(=O)(=O)c3ccc(F)cc3)cc2)c(OC)c1. The Labute approximate surface area is 198 Å². The maximum atomic E-state index is 13.3. The van der Waals surface area contributed by atoms with Gasteiger partial charge in [0.2, 0.25) is 0 Å². The summed E-state index contributed by atoms with van der Waals surface area (Å²) in [5, 5.41) is 0. The molecule has 0 spiro atoms. The number of halogens is 1. The highest BCUT2D eigenvalue weighted by molar-refractivity contribution is 7.92. The van der Waals surface area contributed by atoms with Crippen molar-refractivity contribution in [2.24, 2.45) is 0 Å². The largest absolute Gasteiger partial charge is 0.497 e. The van der Waals surface area contributed by atoms with Gasteiger partial charge in [-0.25, -0.2) is 12.8 Å². The minimum Gasteiger partial charge on any atom is -0.497 e. The van der Waals surface area contributed by atoms with E-state index in [0.29, 0.717) is 29.3 Å². The molecule has 1 fully saturated rings. The fourth-order valence-corrected chi connectivity index (χ4v) is 5.16. The van der Waals surface area contributed by atoms with E-state index in [0.717, 1.165) is 30.5 Å². The highest BCUT2D eigenvalue weighted by Crippen LogP contribution is 2.39. The molecule has 0 saturated carbocycles. The van der Waals surface area contributed by atoms with E-state index in [1.54, 1.807) is 32.4 Å². The standard InChI is InChI=1S/C25H25FN2O5S/c1-32-20-11-14-22(24(16-20)33-2)23-4-3-15-28(23)25(29)17-5-9-19(10-6-17)27-34(30,31)21-12-7-18(26)8-13-21/h5-14,16,23,27H,3-4,15H2,1-2H3. The first kappa shape index (κ1) is 23.6. The van der Waals surface area contributed by atoms with Crippen LogP contribution in [0.5, 0.6) is 11.5 Å². The van der Waals surface area contributed by atoms with Crippen LogP contribution in [0.25, 0.3) is 0 Å². The molecule has 0 bridgehead atoms. The molecule has 0 aliphatic carbocycles. The number of carbonyl (C=O) groups excluding carboxylic acids is 1. The molecule has 1 N–H and O–H groups in total. The third-order valence-corrected chi connectivity index (χ3v) is 7.22. The number of sulfonamides is 1. The van der Waals surface area contributed by atoms with Crippen molar-refractivity contribution in [3.8, 4) is 11.5 Å². The first-order chi connectivity index (χ1) is 16.3. The van der Waals surface area contributed by atoms with Crippen LogP contribution in [-0.2, 0) is 10.0 Å².